The second-order valence-corrected chi connectivity index (χ2v) is 4.99. The van der Waals surface area contributed by atoms with Gasteiger partial charge in [-0.2, -0.15) is 0 Å². The number of nitrogens with one attached hydrogen (secondary N) is 1. The van der Waals surface area contributed by atoms with E-state index in [9.17, 15) is 4.79 Å². The van der Waals surface area contributed by atoms with Crippen molar-refractivity contribution in [2.45, 2.75) is 44.0 Å². The number of rotatable bonds is 2. The van der Waals surface area contributed by atoms with Crippen molar-refractivity contribution in [3.05, 3.63) is 23.7 Å². The molecule has 1 aromatic heterocycles. The maximum Gasteiger partial charge on any atom is 0.254 e. The van der Waals surface area contributed by atoms with Crippen LogP contribution in [0.15, 0.2) is 16.7 Å². The fourth-order valence-corrected chi connectivity index (χ4v) is 2.28. The van der Waals surface area contributed by atoms with Crippen molar-refractivity contribution < 1.29 is 9.21 Å². The van der Waals surface area contributed by atoms with E-state index in [-0.39, 0.29) is 17.3 Å². The van der Waals surface area contributed by atoms with Crippen LogP contribution in [-0.2, 0) is 0 Å². The van der Waals surface area contributed by atoms with Crippen molar-refractivity contribution in [2.75, 3.05) is 0 Å². The Balaban J connectivity index is 1.88. The molecule has 0 radical (unpaired) electrons. The SMILES string of the molecule is Cc1cc(C(=O)NC2CCC(Cl)CC2)co1. The zero-order valence-corrected chi connectivity index (χ0v) is 10.1. The second-order valence-electron chi connectivity index (χ2n) is 4.37. The summed E-state index contributed by atoms with van der Waals surface area (Å²) in [6.45, 7) is 1.83. The standard InChI is InChI=1S/C12H16ClNO2/c1-8-6-9(7-16-8)12(15)14-11-4-2-10(13)3-5-11/h6-7,10-11H,2-5H2,1H3,(H,14,15). The molecule has 1 N–H and O–H groups in total. The molecule has 16 heavy (non-hydrogen) atoms. The predicted octanol–water partition coefficient (Wildman–Crippen LogP) is 2.87. The molecule has 0 atom stereocenters. The molecule has 1 fully saturated rings. The van der Waals surface area contributed by atoms with Crippen LogP contribution < -0.4 is 5.32 Å². The molecule has 4 heteroatoms. The van der Waals surface area contributed by atoms with Gasteiger partial charge < -0.3 is 9.73 Å². The summed E-state index contributed by atoms with van der Waals surface area (Å²) in [7, 11) is 0. The highest BCUT2D eigenvalue weighted by Crippen LogP contribution is 2.23. The number of halogens is 1. The fraction of sp³-hybridized carbons (Fsp3) is 0.583. The van der Waals surface area contributed by atoms with Crippen LogP contribution in [0, 0.1) is 6.92 Å². The summed E-state index contributed by atoms with van der Waals surface area (Å²) in [4.78, 5) is 11.8. The van der Waals surface area contributed by atoms with Gasteiger partial charge in [-0.3, -0.25) is 4.79 Å². The molecule has 2 rings (SSSR count). The van der Waals surface area contributed by atoms with Crippen LogP contribution in [0.1, 0.15) is 41.8 Å². The third-order valence-corrected chi connectivity index (χ3v) is 3.42. The molecule has 1 amide bonds. The highest BCUT2D eigenvalue weighted by atomic mass is 35.5. The molecule has 0 bridgehead atoms. The Labute approximate surface area is 100 Å². The maximum atomic E-state index is 11.8. The molecular formula is C12H16ClNO2. The van der Waals surface area contributed by atoms with Gasteiger partial charge in [-0.05, 0) is 38.7 Å². The molecule has 3 nitrogen and oxygen atoms in total. The first-order chi connectivity index (χ1) is 7.65. The summed E-state index contributed by atoms with van der Waals surface area (Å²) in [6.07, 6.45) is 5.40. The average molecular weight is 242 g/mol. The van der Waals surface area contributed by atoms with E-state index in [0.29, 0.717) is 5.56 Å². The van der Waals surface area contributed by atoms with Crippen molar-refractivity contribution in [2.24, 2.45) is 0 Å². The summed E-state index contributed by atoms with van der Waals surface area (Å²) in [5, 5.41) is 3.29. The number of furan rings is 1. The summed E-state index contributed by atoms with van der Waals surface area (Å²) in [5.74, 6) is 0.712. The minimum atomic E-state index is -0.0464. The molecule has 0 spiro atoms. The van der Waals surface area contributed by atoms with Crippen molar-refractivity contribution in [3.63, 3.8) is 0 Å². The van der Waals surface area contributed by atoms with Crippen LogP contribution in [0.3, 0.4) is 0 Å². The largest absolute Gasteiger partial charge is 0.469 e. The van der Waals surface area contributed by atoms with Gasteiger partial charge in [0.05, 0.1) is 5.56 Å². The van der Waals surface area contributed by atoms with Gasteiger partial charge in [0, 0.05) is 11.4 Å². The van der Waals surface area contributed by atoms with Crippen molar-refractivity contribution in [1.29, 1.82) is 0 Å². The Hall–Kier alpha value is -0.960. The van der Waals surface area contributed by atoms with E-state index >= 15 is 0 Å². The summed E-state index contributed by atoms with van der Waals surface area (Å²) in [6, 6.07) is 2.01. The van der Waals surface area contributed by atoms with Crippen LogP contribution in [0.2, 0.25) is 0 Å². The van der Waals surface area contributed by atoms with E-state index in [1.807, 2.05) is 6.92 Å². The Morgan fingerprint density at radius 2 is 2.12 bits per heavy atom. The van der Waals surface area contributed by atoms with Crippen molar-refractivity contribution >= 4 is 17.5 Å². The van der Waals surface area contributed by atoms with Gasteiger partial charge in [0.25, 0.3) is 5.91 Å². The first-order valence-corrected chi connectivity index (χ1v) is 6.09. The molecule has 1 aliphatic rings. The topological polar surface area (TPSA) is 42.2 Å². The van der Waals surface area contributed by atoms with Gasteiger partial charge in [0.1, 0.15) is 12.0 Å². The summed E-state index contributed by atoms with van der Waals surface area (Å²) in [5.41, 5.74) is 0.602. The maximum absolute atomic E-state index is 11.8. The zero-order chi connectivity index (χ0) is 11.5. The van der Waals surface area contributed by atoms with E-state index in [4.69, 9.17) is 16.0 Å². The van der Waals surface area contributed by atoms with Crippen LogP contribution in [0.25, 0.3) is 0 Å². The molecule has 1 heterocycles. The lowest BCUT2D eigenvalue weighted by molar-refractivity contribution is 0.0927. The Bertz CT molecular complexity index is 367. The minimum absolute atomic E-state index is 0.0464. The van der Waals surface area contributed by atoms with E-state index in [1.54, 1.807) is 6.07 Å². The Morgan fingerprint density at radius 1 is 1.44 bits per heavy atom. The first kappa shape index (κ1) is 11.5. The lowest BCUT2D eigenvalue weighted by atomic mass is 9.95. The first-order valence-electron chi connectivity index (χ1n) is 5.65. The lowest BCUT2D eigenvalue weighted by Crippen LogP contribution is -2.37. The molecule has 0 aromatic carbocycles. The quantitative estimate of drug-likeness (QED) is 0.809. The van der Waals surface area contributed by atoms with Gasteiger partial charge in [0.2, 0.25) is 0 Å². The monoisotopic (exact) mass is 241 g/mol. The number of hydrogen-bond donors (Lipinski definition) is 1. The van der Waals surface area contributed by atoms with E-state index in [0.717, 1.165) is 31.4 Å². The Kier molecular flexibility index (Phi) is 3.54. The zero-order valence-electron chi connectivity index (χ0n) is 9.33. The molecule has 0 aliphatic heterocycles. The number of alkyl halides is 1. The van der Waals surface area contributed by atoms with Crippen LogP contribution in [0.4, 0.5) is 0 Å². The average Bonchev–Trinajstić information content (AvgIpc) is 2.68. The predicted molar refractivity (Wildman–Crippen MR) is 62.8 cm³/mol. The summed E-state index contributed by atoms with van der Waals surface area (Å²) >= 11 is 6.01. The molecule has 1 aliphatic carbocycles. The number of amides is 1. The third-order valence-electron chi connectivity index (χ3n) is 2.98. The third kappa shape index (κ3) is 2.79. The molecule has 0 saturated heterocycles. The fourth-order valence-electron chi connectivity index (χ4n) is 2.03. The molecule has 1 aromatic rings. The lowest BCUT2D eigenvalue weighted by Gasteiger charge is -2.25. The highest BCUT2D eigenvalue weighted by Gasteiger charge is 2.21. The summed E-state index contributed by atoms with van der Waals surface area (Å²) < 4.78 is 5.11. The highest BCUT2D eigenvalue weighted by molar-refractivity contribution is 6.20. The van der Waals surface area contributed by atoms with Gasteiger partial charge in [0.15, 0.2) is 0 Å². The van der Waals surface area contributed by atoms with Gasteiger partial charge >= 0.3 is 0 Å². The van der Waals surface area contributed by atoms with Crippen LogP contribution in [0.5, 0.6) is 0 Å². The van der Waals surface area contributed by atoms with E-state index < -0.39 is 0 Å². The van der Waals surface area contributed by atoms with Crippen LogP contribution >= 0.6 is 11.6 Å². The van der Waals surface area contributed by atoms with Crippen molar-refractivity contribution in [1.82, 2.24) is 5.32 Å². The van der Waals surface area contributed by atoms with Gasteiger partial charge in [-0.15, -0.1) is 11.6 Å². The normalized spacial score (nSPS) is 25.4. The number of hydrogen-bond acceptors (Lipinski definition) is 2. The number of carbonyl (C=O) groups excluding carboxylic acids is 1. The van der Waals surface area contributed by atoms with E-state index in [2.05, 4.69) is 5.32 Å². The van der Waals surface area contributed by atoms with E-state index in [1.165, 1.54) is 6.26 Å². The second kappa shape index (κ2) is 4.91. The number of carbonyl (C=O) groups is 1. The molecule has 1 saturated carbocycles. The minimum Gasteiger partial charge on any atom is -0.469 e. The molecular weight excluding hydrogens is 226 g/mol. The Morgan fingerprint density at radius 3 is 2.69 bits per heavy atom. The van der Waals surface area contributed by atoms with Gasteiger partial charge in [-0.25, -0.2) is 0 Å². The number of aryl methyl sites for hydroxylation is 1. The van der Waals surface area contributed by atoms with Crippen molar-refractivity contribution in [3.8, 4) is 0 Å². The van der Waals surface area contributed by atoms with Gasteiger partial charge in [-0.1, -0.05) is 0 Å². The molecule has 88 valence electrons. The van der Waals surface area contributed by atoms with Crippen LogP contribution in [-0.4, -0.2) is 17.3 Å². The molecule has 0 unspecified atom stereocenters. The smallest absolute Gasteiger partial charge is 0.254 e.